The summed E-state index contributed by atoms with van der Waals surface area (Å²) in [6.07, 6.45) is 0.979. The van der Waals surface area contributed by atoms with Crippen LogP contribution in [0.4, 0.5) is 11.5 Å². The molecule has 1 atom stereocenters. The molecule has 1 aliphatic heterocycles. The van der Waals surface area contributed by atoms with Gasteiger partial charge in [0, 0.05) is 23.8 Å². The van der Waals surface area contributed by atoms with Gasteiger partial charge in [-0.3, -0.25) is 4.79 Å². The van der Waals surface area contributed by atoms with Gasteiger partial charge in [-0.2, -0.15) is 0 Å². The number of hydrogen-bond acceptors (Lipinski definition) is 4. The number of rotatable bonds is 3. The van der Waals surface area contributed by atoms with Crippen molar-refractivity contribution in [1.82, 2.24) is 15.3 Å². The molecule has 1 unspecified atom stereocenters. The van der Waals surface area contributed by atoms with Crippen LogP contribution in [0.3, 0.4) is 0 Å². The zero-order valence-corrected chi connectivity index (χ0v) is 14.0. The molecular formula is C18H22N4O. The molecule has 5 nitrogen and oxygen atoms in total. The van der Waals surface area contributed by atoms with Gasteiger partial charge in [-0.1, -0.05) is 18.2 Å². The lowest BCUT2D eigenvalue weighted by Crippen LogP contribution is -2.32. The van der Waals surface area contributed by atoms with Gasteiger partial charge in [-0.15, -0.1) is 0 Å². The van der Waals surface area contributed by atoms with E-state index in [1.54, 1.807) is 6.07 Å². The molecule has 0 saturated heterocycles. The molecule has 1 aromatic carbocycles. The SMILES string of the molecule is Cc1nc(C(=O)NC(C)C)cc(N2c3ccccc3CC2C)n1. The van der Waals surface area contributed by atoms with Crippen molar-refractivity contribution in [2.45, 2.75) is 46.2 Å². The van der Waals surface area contributed by atoms with Crippen LogP contribution in [0.2, 0.25) is 0 Å². The predicted molar refractivity (Wildman–Crippen MR) is 91.1 cm³/mol. The Labute approximate surface area is 136 Å². The van der Waals surface area contributed by atoms with Gasteiger partial charge in [0.1, 0.15) is 17.3 Å². The van der Waals surface area contributed by atoms with Crippen molar-refractivity contribution in [3.63, 3.8) is 0 Å². The normalized spacial score (nSPS) is 16.6. The van der Waals surface area contributed by atoms with Crippen LogP contribution in [0.1, 0.15) is 42.6 Å². The van der Waals surface area contributed by atoms with E-state index in [0.717, 1.165) is 17.9 Å². The molecule has 1 aromatic heterocycles. The van der Waals surface area contributed by atoms with E-state index in [0.29, 0.717) is 17.6 Å². The Hall–Kier alpha value is -2.43. The number of benzene rings is 1. The third-order valence-corrected chi connectivity index (χ3v) is 3.93. The minimum Gasteiger partial charge on any atom is -0.349 e. The van der Waals surface area contributed by atoms with E-state index in [1.165, 1.54) is 5.56 Å². The summed E-state index contributed by atoms with van der Waals surface area (Å²) in [5.41, 5.74) is 2.88. The van der Waals surface area contributed by atoms with Gasteiger partial charge in [-0.25, -0.2) is 9.97 Å². The standard InChI is InChI=1S/C18H22N4O/c1-11(2)19-18(23)15-10-17(21-13(4)20-15)22-12(3)9-14-7-5-6-8-16(14)22/h5-8,10-12H,9H2,1-4H3,(H,19,23). The smallest absolute Gasteiger partial charge is 0.270 e. The number of nitrogens with one attached hydrogen (secondary N) is 1. The summed E-state index contributed by atoms with van der Waals surface area (Å²) in [7, 11) is 0. The van der Waals surface area contributed by atoms with E-state index in [-0.39, 0.29) is 11.9 Å². The lowest BCUT2D eigenvalue weighted by Gasteiger charge is -2.24. The average Bonchev–Trinajstić information content (AvgIpc) is 2.81. The molecule has 2 heterocycles. The predicted octanol–water partition coefficient (Wildman–Crippen LogP) is 3.01. The molecule has 0 saturated carbocycles. The Morgan fingerprint density at radius 1 is 1.30 bits per heavy atom. The molecule has 0 radical (unpaired) electrons. The molecule has 1 N–H and O–H groups in total. The van der Waals surface area contributed by atoms with Crippen LogP contribution in [0.5, 0.6) is 0 Å². The van der Waals surface area contributed by atoms with Gasteiger partial charge in [-0.05, 0) is 45.7 Å². The summed E-state index contributed by atoms with van der Waals surface area (Å²) >= 11 is 0. The number of aromatic nitrogens is 2. The summed E-state index contributed by atoms with van der Waals surface area (Å²) in [4.78, 5) is 23.3. The lowest BCUT2D eigenvalue weighted by atomic mass is 10.1. The van der Waals surface area contributed by atoms with Crippen molar-refractivity contribution in [2.24, 2.45) is 0 Å². The Bertz CT molecular complexity index is 742. The Morgan fingerprint density at radius 3 is 2.78 bits per heavy atom. The van der Waals surface area contributed by atoms with Crippen molar-refractivity contribution in [3.8, 4) is 0 Å². The fourth-order valence-corrected chi connectivity index (χ4v) is 3.04. The van der Waals surface area contributed by atoms with Crippen molar-refractivity contribution in [1.29, 1.82) is 0 Å². The first kappa shape index (κ1) is 15.5. The number of aryl methyl sites for hydroxylation is 1. The van der Waals surface area contributed by atoms with E-state index in [9.17, 15) is 4.79 Å². The number of nitrogens with zero attached hydrogens (tertiary/aromatic N) is 3. The molecule has 23 heavy (non-hydrogen) atoms. The minimum absolute atomic E-state index is 0.0765. The molecule has 1 aliphatic rings. The van der Waals surface area contributed by atoms with Crippen molar-refractivity contribution >= 4 is 17.4 Å². The van der Waals surface area contributed by atoms with E-state index in [2.05, 4.69) is 45.3 Å². The summed E-state index contributed by atoms with van der Waals surface area (Å²) in [6.45, 7) is 7.87. The Kier molecular flexibility index (Phi) is 4.03. The van der Waals surface area contributed by atoms with Crippen LogP contribution in [0.25, 0.3) is 0 Å². The fraction of sp³-hybridized carbons (Fsp3) is 0.389. The second-order valence-electron chi connectivity index (χ2n) is 6.34. The number of fused-ring (bicyclic) bond motifs is 1. The molecule has 3 rings (SSSR count). The first-order chi connectivity index (χ1) is 11.0. The second-order valence-corrected chi connectivity index (χ2v) is 6.34. The number of anilines is 2. The highest BCUT2D eigenvalue weighted by molar-refractivity contribution is 5.93. The van der Waals surface area contributed by atoms with Gasteiger partial charge in [0.15, 0.2) is 0 Å². The van der Waals surface area contributed by atoms with Crippen LogP contribution in [-0.2, 0) is 6.42 Å². The highest BCUT2D eigenvalue weighted by Gasteiger charge is 2.28. The van der Waals surface area contributed by atoms with E-state index >= 15 is 0 Å². The quantitative estimate of drug-likeness (QED) is 0.947. The monoisotopic (exact) mass is 310 g/mol. The molecule has 0 fully saturated rings. The highest BCUT2D eigenvalue weighted by Crippen LogP contribution is 2.37. The number of amides is 1. The molecule has 0 spiro atoms. The maximum Gasteiger partial charge on any atom is 0.270 e. The first-order valence-corrected chi connectivity index (χ1v) is 7.99. The van der Waals surface area contributed by atoms with Crippen LogP contribution >= 0.6 is 0 Å². The number of para-hydroxylation sites is 1. The van der Waals surface area contributed by atoms with E-state index in [4.69, 9.17) is 0 Å². The summed E-state index contributed by atoms with van der Waals surface area (Å²) in [5.74, 6) is 1.23. The maximum absolute atomic E-state index is 12.3. The molecule has 1 amide bonds. The molecule has 2 aromatic rings. The van der Waals surface area contributed by atoms with Crippen molar-refractivity contribution < 1.29 is 4.79 Å². The summed E-state index contributed by atoms with van der Waals surface area (Å²) < 4.78 is 0. The van der Waals surface area contributed by atoms with Crippen LogP contribution < -0.4 is 10.2 Å². The summed E-state index contributed by atoms with van der Waals surface area (Å²) in [6, 6.07) is 10.5. The van der Waals surface area contributed by atoms with Gasteiger partial charge < -0.3 is 10.2 Å². The highest BCUT2D eigenvalue weighted by atomic mass is 16.1. The molecule has 0 bridgehead atoms. The second kappa shape index (κ2) is 5.99. The minimum atomic E-state index is -0.160. The lowest BCUT2D eigenvalue weighted by molar-refractivity contribution is 0.0937. The van der Waals surface area contributed by atoms with Gasteiger partial charge >= 0.3 is 0 Å². The van der Waals surface area contributed by atoms with Crippen molar-refractivity contribution in [3.05, 3.63) is 47.4 Å². The number of hydrogen-bond donors (Lipinski definition) is 1. The van der Waals surface area contributed by atoms with E-state index < -0.39 is 0 Å². The van der Waals surface area contributed by atoms with Gasteiger partial charge in [0.2, 0.25) is 0 Å². The van der Waals surface area contributed by atoms with Crippen LogP contribution in [0.15, 0.2) is 30.3 Å². The fourth-order valence-electron chi connectivity index (χ4n) is 3.04. The van der Waals surface area contributed by atoms with E-state index in [1.807, 2.05) is 26.8 Å². The maximum atomic E-state index is 12.3. The number of carbonyl (C=O) groups excluding carboxylic acids is 1. The molecule has 5 heteroatoms. The Balaban J connectivity index is 2.00. The zero-order chi connectivity index (χ0) is 16.6. The third kappa shape index (κ3) is 3.04. The zero-order valence-electron chi connectivity index (χ0n) is 14.0. The molecular weight excluding hydrogens is 288 g/mol. The van der Waals surface area contributed by atoms with Gasteiger partial charge in [0.25, 0.3) is 5.91 Å². The topological polar surface area (TPSA) is 58.1 Å². The third-order valence-electron chi connectivity index (χ3n) is 3.93. The molecule has 0 aliphatic carbocycles. The first-order valence-electron chi connectivity index (χ1n) is 7.99. The van der Waals surface area contributed by atoms with Crippen LogP contribution in [0, 0.1) is 6.92 Å². The Morgan fingerprint density at radius 2 is 2.04 bits per heavy atom. The average molecular weight is 310 g/mol. The number of carbonyl (C=O) groups is 1. The largest absolute Gasteiger partial charge is 0.349 e. The van der Waals surface area contributed by atoms with Crippen molar-refractivity contribution in [2.75, 3.05) is 4.90 Å². The van der Waals surface area contributed by atoms with Gasteiger partial charge in [0.05, 0.1) is 0 Å². The van der Waals surface area contributed by atoms with Crippen LogP contribution in [-0.4, -0.2) is 28.0 Å². The molecule has 120 valence electrons. The summed E-state index contributed by atoms with van der Waals surface area (Å²) in [5, 5.41) is 2.89.